The third kappa shape index (κ3) is 4.40. The van der Waals surface area contributed by atoms with Crippen molar-refractivity contribution in [2.75, 3.05) is 18.5 Å². The first-order chi connectivity index (χ1) is 11.9. The summed E-state index contributed by atoms with van der Waals surface area (Å²) in [7, 11) is -3.75. The molecule has 0 bridgehead atoms. The topological polar surface area (TPSA) is 120 Å². The second-order valence-corrected chi connectivity index (χ2v) is 6.92. The van der Waals surface area contributed by atoms with Gasteiger partial charge in [0.1, 0.15) is 13.2 Å². The van der Waals surface area contributed by atoms with Crippen LogP contribution in [0.1, 0.15) is 5.56 Å². The van der Waals surface area contributed by atoms with Gasteiger partial charge in [-0.25, -0.2) is 18.4 Å². The number of anilines is 1. The average Bonchev–Trinajstić information content (AvgIpc) is 2.59. The van der Waals surface area contributed by atoms with Gasteiger partial charge in [0.25, 0.3) is 0 Å². The summed E-state index contributed by atoms with van der Waals surface area (Å²) in [5, 5.41) is 10.3. The Morgan fingerprint density at radius 2 is 1.72 bits per heavy atom. The van der Waals surface area contributed by atoms with E-state index in [0.717, 1.165) is 5.56 Å². The molecule has 0 saturated carbocycles. The number of sulfonamides is 1. The maximum absolute atomic E-state index is 11.9. The van der Waals surface area contributed by atoms with E-state index in [0.29, 0.717) is 36.9 Å². The second-order valence-electron chi connectivity index (χ2n) is 5.36. The molecule has 0 saturated heterocycles. The number of carbonyl (C=O) groups is 1. The van der Waals surface area contributed by atoms with Crippen LogP contribution in [-0.2, 0) is 16.6 Å². The smallest absolute Gasteiger partial charge is 0.319 e. The molecule has 4 N–H and O–H groups in total. The van der Waals surface area contributed by atoms with Crippen LogP contribution >= 0.6 is 0 Å². The van der Waals surface area contributed by atoms with Gasteiger partial charge in [-0.05, 0) is 42.0 Å². The molecule has 3 rings (SSSR count). The Balaban J connectivity index is 1.56. The summed E-state index contributed by atoms with van der Waals surface area (Å²) >= 11 is 0. The van der Waals surface area contributed by atoms with Crippen molar-refractivity contribution in [1.82, 2.24) is 5.32 Å². The zero-order valence-corrected chi connectivity index (χ0v) is 14.0. The molecule has 1 aliphatic rings. The molecule has 0 aromatic heterocycles. The highest BCUT2D eigenvalue weighted by molar-refractivity contribution is 7.89. The molecule has 0 atom stereocenters. The first-order valence-corrected chi connectivity index (χ1v) is 9.03. The molecule has 132 valence electrons. The molecule has 0 spiro atoms. The van der Waals surface area contributed by atoms with E-state index in [1.54, 1.807) is 6.07 Å². The summed E-state index contributed by atoms with van der Waals surface area (Å²) < 4.78 is 33.3. The third-order valence-corrected chi connectivity index (χ3v) is 4.43. The van der Waals surface area contributed by atoms with Crippen LogP contribution in [0.15, 0.2) is 47.4 Å². The molecule has 1 heterocycles. The van der Waals surface area contributed by atoms with Gasteiger partial charge in [-0.2, -0.15) is 0 Å². The van der Waals surface area contributed by atoms with Crippen LogP contribution in [0, 0.1) is 0 Å². The number of hydrogen-bond donors (Lipinski definition) is 3. The average molecular weight is 363 g/mol. The van der Waals surface area contributed by atoms with Crippen LogP contribution in [-0.4, -0.2) is 27.7 Å². The molecular weight excluding hydrogens is 346 g/mol. The summed E-state index contributed by atoms with van der Waals surface area (Å²) in [5.41, 5.74) is 1.32. The Labute approximate surface area is 145 Å². The van der Waals surface area contributed by atoms with E-state index in [1.165, 1.54) is 24.3 Å². The van der Waals surface area contributed by atoms with Crippen LogP contribution in [0.3, 0.4) is 0 Å². The number of rotatable bonds is 4. The molecule has 2 amide bonds. The van der Waals surface area contributed by atoms with Crippen molar-refractivity contribution in [2.45, 2.75) is 11.4 Å². The van der Waals surface area contributed by atoms with Gasteiger partial charge in [-0.15, -0.1) is 0 Å². The summed E-state index contributed by atoms with van der Waals surface area (Å²) in [4.78, 5) is 11.9. The van der Waals surface area contributed by atoms with Gasteiger partial charge in [-0.3, -0.25) is 0 Å². The minimum atomic E-state index is -3.75. The summed E-state index contributed by atoms with van der Waals surface area (Å²) in [5.74, 6) is 1.35. The monoisotopic (exact) mass is 363 g/mol. The fourth-order valence-corrected chi connectivity index (χ4v) is 2.80. The molecule has 9 heteroatoms. The quantitative estimate of drug-likeness (QED) is 0.759. The zero-order chi connectivity index (χ0) is 17.9. The second kappa shape index (κ2) is 6.99. The fourth-order valence-electron chi connectivity index (χ4n) is 2.28. The highest BCUT2D eigenvalue weighted by Crippen LogP contribution is 2.30. The molecule has 25 heavy (non-hydrogen) atoms. The lowest BCUT2D eigenvalue weighted by atomic mass is 10.2. The van der Waals surface area contributed by atoms with Gasteiger partial charge in [0.05, 0.1) is 4.90 Å². The molecule has 1 aliphatic heterocycles. The Morgan fingerprint density at radius 3 is 2.40 bits per heavy atom. The number of benzene rings is 2. The molecule has 0 unspecified atom stereocenters. The van der Waals surface area contributed by atoms with Crippen molar-refractivity contribution in [3.63, 3.8) is 0 Å². The number of hydrogen-bond acceptors (Lipinski definition) is 5. The fraction of sp³-hybridized carbons (Fsp3) is 0.188. The van der Waals surface area contributed by atoms with E-state index in [4.69, 9.17) is 14.6 Å². The number of carbonyl (C=O) groups excluding carboxylic acids is 1. The number of amides is 2. The zero-order valence-electron chi connectivity index (χ0n) is 13.2. The Morgan fingerprint density at radius 1 is 1.04 bits per heavy atom. The minimum absolute atomic E-state index is 0.0188. The van der Waals surface area contributed by atoms with E-state index >= 15 is 0 Å². The van der Waals surface area contributed by atoms with Crippen LogP contribution in [0.25, 0.3) is 0 Å². The van der Waals surface area contributed by atoms with Gasteiger partial charge in [0.2, 0.25) is 10.0 Å². The number of primary sulfonamides is 1. The van der Waals surface area contributed by atoms with Gasteiger partial charge < -0.3 is 20.1 Å². The highest BCUT2D eigenvalue weighted by Gasteiger charge is 2.12. The normalized spacial score (nSPS) is 13.2. The predicted molar refractivity (Wildman–Crippen MR) is 91.1 cm³/mol. The van der Waals surface area contributed by atoms with E-state index < -0.39 is 16.1 Å². The standard InChI is InChI=1S/C16H17N3O5S/c17-25(21,22)13-4-2-12(3-5-13)19-16(20)18-10-11-1-6-14-15(9-11)24-8-7-23-14/h1-6,9H,7-8,10H2,(H2,17,21,22)(H2,18,19,20). The maximum Gasteiger partial charge on any atom is 0.319 e. The number of fused-ring (bicyclic) bond motifs is 1. The van der Waals surface area contributed by atoms with Crippen molar-refractivity contribution in [1.29, 1.82) is 0 Å². The van der Waals surface area contributed by atoms with Crippen LogP contribution in [0.5, 0.6) is 11.5 Å². The SMILES string of the molecule is NS(=O)(=O)c1ccc(NC(=O)NCc2ccc3c(c2)OCCO3)cc1. The van der Waals surface area contributed by atoms with Crippen LogP contribution in [0.2, 0.25) is 0 Å². The molecule has 2 aromatic rings. The first kappa shape index (κ1) is 17.1. The van der Waals surface area contributed by atoms with Gasteiger partial charge in [0.15, 0.2) is 11.5 Å². The van der Waals surface area contributed by atoms with Crippen molar-refractivity contribution in [2.24, 2.45) is 5.14 Å². The van der Waals surface area contributed by atoms with Gasteiger partial charge in [0, 0.05) is 12.2 Å². The van der Waals surface area contributed by atoms with Gasteiger partial charge in [-0.1, -0.05) is 6.07 Å². The van der Waals surface area contributed by atoms with Crippen molar-refractivity contribution in [3.8, 4) is 11.5 Å². The van der Waals surface area contributed by atoms with E-state index in [1.807, 2.05) is 12.1 Å². The number of nitrogens with one attached hydrogen (secondary N) is 2. The third-order valence-electron chi connectivity index (χ3n) is 3.50. The molecule has 8 nitrogen and oxygen atoms in total. The largest absolute Gasteiger partial charge is 0.486 e. The molecule has 0 fully saturated rings. The lowest BCUT2D eigenvalue weighted by Crippen LogP contribution is -2.28. The summed E-state index contributed by atoms with van der Waals surface area (Å²) in [6.45, 7) is 1.33. The first-order valence-electron chi connectivity index (χ1n) is 7.48. The van der Waals surface area contributed by atoms with E-state index in [2.05, 4.69) is 10.6 Å². The van der Waals surface area contributed by atoms with Crippen molar-refractivity contribution < 1.29 is 22.7 Å². The van der Waals surface area contributed by atoms with Crippen LogP contribution in [0.4, 0.5) is 10.5 Å². The molecular formula is C16H17N3O5S. The summed E-state index contributed by atoms with van der Waals surface area (Å²) in [6.07, 6.45) is 0. The van der Waals surface area contributed by atoms with E-state index in [-0.39, 0.29) is 4.90 Å². The van der Waals surface area contributed by atoms with Gasteiger partial charge >= 0.3 is 6.03 Å². The molecule has 0 aliphatic carbocycles. The Hall–Kier alpha value is -2.78. The predicted octanol–water partition coefficient (Wildman–Crippen LogP) is 1.43. The maximum atomic E-state index is 11.9. The van der Waals surface area contributed by atoms with Crippen LogP contribution < -0.4 is 25.2 Å². The Kier molecular flexibility index (Phi) is 4.77. The number of nitrogens with two attached hydrogens (primary N) is 1. The lowest BCUT2D eigenvalue weighted by molar-refractivity contribution is 0.171. The number of urea groups is 1. The van der Waals surface area contributed by atoms with Crippen molar-refractivity contribution >= 4 is 21.7 Å². The van der Waals surface area contributed by atoms with Crippen molar-refractivity contribution in [3.05, 3.63) is 48.0 Å². The Bertz CT molecular complexity index is 881. The highest BCUT2D eigenvalue weighted by atomic mass is 32.2. The van der Waals surface area contributed by atoms with E-state index in [9.17, 15) is 13.2 Å². The molecule has 0 radical (unpaired) electrons. The lowest BCUT2D eigenvalue weighted by Gasteiger charge is -2.19. The molecule has 2 aromatic carbocycles. The number of ether oxygens (including phenoxy) is 2. The minimum Gasteiger partial charge on any atom is -0.486 e. The summed E-state index contributed by atoms with van der Waals surface area (Å²) in [6, 6.07) is 10.6.